The lowest BCUT2D eigenvalue weighted by Crippen LogP contribution is -2.45. The molecule has 7 nitrogen and oxygen atoms in total. The van der Waals surface area contributed by atoms with E-state index in [1.807, 2.05) is 37.3 Å². The molecule has 206 valence electrons. The summed E-state index contributed by atoms with van der Waals surface area (Å²) in [5.41, 5.74) is 4.86. The Bertz CT molecular complexity index is 1400. The van der Waals surface area contributed by atoms with E-state index in [2.05, 4.69) is 0 Å². The molecule has 1 aliphatic heterocycles. The molecule has 1 heterocycles. The van der Waals surface area contributed by atoms with Crippen molar-refractivity contribution < 1.29 is 32.6 Å². The van der Waals surface area contributed by atoms with Gasteiger partial charge in [-0.05, 0) is 24.1 Å². The van der Waals surface area contributed by atoms with E-state index in [1.54, 1.807) is 7.05 Å². The maximum Gasteiger partial charge on any atom is 0.409 e. The molecule has 0 saturated carbocycles. The normalized spacial score (nSPS) is 15.8. The fraction of sp³-hybridized carbons (Fsp3) is 0.310. The fourth-order valence-corrected chi connectivity index (χ4v) is 5.07. The maximum absolute atomic E-state index is 15.7. The third-order valence-electron chi connectivity index (χ3n) is 6.72. The highest BCUT2D eigenvalue weighted by molar-refractivity contribution is 6.34. The molecular weight excluding hydrogens is 530 g/mol. The van der Waals surface area contributed by atoms with Gasteiger partial charge in [-0.25, -0.2) is 13.6 Å². The number of rotatable bonds is 9. The van der Waals surface area contributed by atoms with Crippen LogP contribution in [0.5, 0.6) is 11.5 Å². The molecule has 1 aliphatic rings. The van der Waals surface area contributed by atoms with Crippen LogP contribution < -0.4 is 15.2 Å². The number of benzene rings is 3. The molecule has 0 radical (unpaired) electrons. The molecule has 10 heteroatoms. The third-order valence-corrected chi connectivity index (χ3v) is 7.09. The summed E-state index contributed by atoms with van der Waals surface area (Å²) in [6.07, 6.45) is 1.12. The molecule has 0 saturated heterocycles. The number of carbonyl (C=O) groups is 2. The first-order valence-electron chi connectivity index (χ1n) is 12.4. The van der Waals surface area contributed by atoms with E-state index in [0.717, 1.165) is 18.9 Å². The molecule has 0 unspecified atom stereocenters. The minimum absolute atomic E-state index is 0.0264. The quantitative estimate of drug-likeness (QED) is 0.321. The number of nitrogens with zero attached hydrogens (tertiary/aromatic N) is 1. The minimum atomic E-state index is -1.20. The highest BCUT2D eigenvalue weighted by atomic mass is 35.5. The van der Waals surface area contributed by atoms with Crippen LogP contribution in [-0.2, 0) is 16.8 Å². The average molecular weight is 559 g/mol. The van der Waals surface area contributed by atoms with Gasteiger partial charge in [0.2, 0.25) is 5.91 Å². The topological polar surface area (TPSA) is 91.1 Å². The zero-order valence-electron chi connectivity index (χ0n) is 21.9. The Hall–Kier alpha value is -3.85. The molecule has 0 spiro atoms. The number of ether oxygens (including phenoxy) is 3. The Morgan fingerprint density at radius 2 is 1.87 bits per heavy atom. The van der Waals surface area contributed by atoms with Crippen LogP contribution in [0.3, 0.4) is 0 Å². The lowest BCUT2D eigenvalue weighted by molar-refractivity contribution is 0.0413. The van der Waals surface area contributed by atoms with Crippen molar-refractivity contribution in [3.8, 4) is 22.6 Å². The molecule has 2 amide bonds. The summed E-state index contributed by atoms with van der Waals surface area (Å²) in [6, 6.07) is 12.8. The Labute approximate surface area is 230 Å². The zero-order valence-corrected chi connectivity index (χ0v) is 22.6. The number of methoxy groups -OCH3 is 1. The molecule has 0 aromatic heterocycles. The predicted molar refractivity (Wildman–Crippen MR) is 143 cm³/mol. The zero-order chi connectivity index (χ0) is 28.3. The van der Waals surface area contributed by atoms with Crippen LogP contribution in [0, 0.1) is 11.6 Å². The fourth-order valence-electron chi connectivity index (χ4n) is 4.81. The minimum Gasteiger partial charge on any atom is -0.494 e. The molecule has 1 atom stereocenters. The van der Waals surface area contributed by atoms with Crippen LogP contribution in [0.15, 0.2) is 48.5 Å². The number of hydrogen-bond donors (Lipinski definition) is 1. The van der Waals surface area contributed by atoms with Crippen molar-refractivity contribution in [1.29, 1.82) is 0 Å². The van der Waals surface area contributed by atoms with Gasteiger partial charge in [0, 0.05) is 36.2 Å². The van der Waals surface area contributed by atoms with Crippen LogP contribution in [0.1, 0.15) is 41.3 Å². The van der Waals surface area contributed by atoms with Crippen LogP contribution in [0.4, 0.5) is 13.6 Å². The molecule has 0 bridgehead atoms. The molecule has 3 aromatic carbocycles. The first-order chi connectivity index (χ1) is 18.6. The Balaban J connectivity index is 1.87. The van der Waals surface area contributed by atoms with Gasteiger partial charge in [0.1, 0.15) is 11.6 Å². The summed E-state index contributed by atoms with van der Waals surface area (Å²) in [5.74, 6) is -2.80. The Kier molecular flexibility index (Phi) is 8.30. The van der Waals surface area contributed by atoms with Gasteiger partial charge < -0.3 is 24.8 Å². The number of fused-ring (bicyclic) bond motifs is 1. The second kappa shape index (κ2) is 11.5. The van der Waals surface area contributed by atoms with E-state index in [1.165, 1.54) is 24.1 Å². The van der Waals surface area contributed by atoms with Gasteiger partial charge in [-0.1, -0.05) is 55.3 Å². The molecule has 39 heavy (non-hydrogen) atoms. The van der Waals surface area contributed by atoms with Gasteiger partial charge in [-0.2, -0.15) is 0 Å². The van der Waals surface area contributed by atoms with Crippen molar-refractivity contribution >= 4 is 23.6 Å². The van der Waals surface area contributed by atoms with E-state index in [9.17, 15) is 9.59 Å². The monoisotopic (exact) mass is 558 g/mol. The number of amides is 2. The molecule has 0 aliphatic carbocycles. The summed E-state index contributed by atoms with van der Waals surface area (Å²) in [7, 11) is 2.84. The van der Waals surface area contributed by atoms with Crippen LogP contribution in [0.2, 0.25) is 5.02 Å². The Morgan fingerprint density at radius 3 is 2.51 bits per heavy atom. The number of nitrogens with two attached hydrogens (primary N) is 1. The van der Waals surface area contributed by atoms with Crippen LogP contribution in [0.25, 0.3) is 11.1 Å². The first kappa shape index (κ1) is 28.2. The summed E-state index contributed by atoms with van der Waals surface area (Å²) in [5, 5.41) is -0.400. The third kappa shape index (κ3) is 5.36. The number of unbranched alkanes of at least 4 members (excludes halogenated alkanes) is 1. The largest absolute Gasteiger partial charge is 0.494 e. The average Bonchev–Trinajstić information content (AvgIpc) is 3.28. The van der Waals surface area contributed by atoms with Gasteiger partial charge >= 0.3 is 6.09 Å². The van der Waals surface area contributed by atoms with Gasteiger partial charge in [0.25, 0.3) is 0 Å². The van der Waals surface area contributed by atoms with Crippen molar-refractivity contribution in [2.45, 2.75) is 31.8 Å². The van der Waals surface area contributed by atoms with E-state index in [0.29, 0.717) is 11.1 Å². The van der Waals surface area contributed by atoms with Gasteiger partial charge in [0.05, 0.1) is 30.8 Å². The van der Waals surface area contributed by atoms with E-state index >= 15 is 8.78 Å². The van der Waals surface area contributed by atoms with Gasteiger partial charge in [-0.15, -0.1) is 0 Å². The molecular formula is C29H29ClF2N2O5. The van der Waals surface area contributed by atoms with E-state index < -0.39 is 34.3 Å². The van der Waals surface area contributed by atoms with Gasteiger partial charge in [0.15, 0.2) is 17.2 Å². The maximum atomic E-state index is 15.7. The summed E-state index contributed by atoms with van der Waals surface area (Å²) < 4.78 is 47.8. The lowest BCUT2D eigenvalue weighted by Gasteiger charge is -2.33. The van der Waals surface area contributed by atoms with Crippen molar-refractivity contribution in [2.24, 2.45) is 5.73 Å². The van der Waals surface area contributed by atoms with Crippen molar-refractivity contribution in [1.82, 2.24) is 4.90 Å². The van der Waals surface area contributed by atoms with Crippen LogP contribution >= 0.6 is 11.6 Å². The second-order valence-corrected chi connectivity index (χ2v) is 9.73. The summed E-state index contributed by atoms with van der Waals surface area (Å²) >= 11 is 6.45. The van der Waals surface area contributed by atoms with Gasteiger partial charge in [-0.3, -0.25) is 4.79 Å². The van der Waals surface area contributed by atoms with E-state index in [-0.39, 0.29) is 47.8 Å². The molecule has 0 fully saturated rings. The lowest BCUT2D eigenvalue weighted by atomic mass is 9.85. The SMILES string of the molecule is CCCCOC(=O)N(C)C[C@@]1(c2ccccc2)Cc2c(cc(F)c(Cl)c2-c2c(C(N)=O)ccc(OC)c2F)O1. The summed E-state index contributed by atoms with van der Waals surface area (Å²) in [6.45, 7) is 2.29. The Morgan fingerprint density at radius 1 is 1.15 bits per heavy atom. The predicted octanol–water partition coefficient (Wildman–Crippen LogP) is 6.09. The highest BCUT2D eigenvalue weighted by Gasteiger charge is 2.45. The van der Waals surface area contributed by atoms with Crippen molar-refractivity contribution in [3.63, 3.8) is 0 Å². The smallest absolute Gasteiger partial charge is 0.409 e. The van der Waals surface area contributed by atoms with Crippen LogP contribution in [-0.4, -0.2) is 44.2 Å². The standard InChI is InChI=1S/C29H29ClF2N2O5/c1-4-5-13-38-28(36)34(2)16-29(17-9-7-6-8-10-17)15-19-22(39-29)14-20(31)25(30)23(19)24-18(27(33)35)11-12-21(37-3)26(24)32/h6-12,14H,4-5,13,15-16H2,1-3H3,(H2,33,35)/t29-/m1/s1. The second-order valence-electron chi connectivity index (χ2n) is 9.36. The number of hydrogen-bond acceptors (Lipinski definition) is 5. The molecule has 3 aromatic rings. The van der Waals surface area contributed by atoms with Crippen molar-refractivity contribution in [2.75, 3.05) is 27.3 Å². The first-order valence-corrected chi connectivity index (χ1v) is 12.8. The number of carbonyl (C=O) groups excluding carboxylic acids is 2. The van der Waals surface area contributed by atoms with Crippen molar-refractivity contribution in [3.05, 3.63) is 81.9 Å². The summed E-state index contributed by atoms with van der Waals surface area (Å²) in [4.78, 5) is 26.4. The number of likely N-dealkylation sites (N-methyl/N-ethyl adjacent to an activating group) is 1. The molecule has 4 rings (SSSR count). The highest BCUT2D eigenvalue weighted by Crippen LogP contribution is 2.50. The number of halogens is 3. The molecule has 2 N–H and O–H groups in total. The van der Waals surface area contributed by atoms with E-state index in [4.69, 9.17) is 31.5 Å². The number of primary amides is 1.